The minimum absolute atomic E-state index is 0.238. The summed E-state index contributed by atoms with van der Waals surface area (Å²) in [5.74, 6) is -0.360. The van der Waals surface area contributed by atoms with Crippen molar-refractivity contribution in [2.45, 2.75) is 19.8 Å². The van der Waals surface area contributed by atoms with Crippen molar-refractivity contribution >= 4 is 28.9 Å². The molecule has 0 bridgehead atoms. The molecule has 0 atom stereocenters. The molecule has 148 valence electrons. The van der Waals surface area contributed by atoms with E-state index in [-0.39, 0.29) is 5.91 Å². The summed E-state index contributed by atoms with van der Waals surface area (Å²) in [6.45, 7) is 4.17. The maximum absolute atomic E-state index is 12.7. The van der Waals surface area contributed by atoms with Gasteiger partial charge in [0.15, 0.2) is 0 Å². The number of benzene rings is 2. The molecule has 0 saturated heterocycles. The molecule has 3 rings (SSSR count). The zero-order valence-electron chi connectivity index (χ0n) is 16.6. The van der Waals surface area contributed by atoms with Gasteiger partial charge in [-0.1, -0.05) is 38.1 Å². The van der Waals surface area contributed by atoms with Crippen LogP contribution < -0.4 is 10.6 Å². The summed E-state index contributed by atoms with van der Waals surface area (Å²) in [6.07, 6.45) is 3.13. The molecule has 0 saturated carbocycles. The number of ether oxygens (including phenoxy) is 1. The lowest BCUT2D eigenvalue weighted by Crippen LogP contribution is -2.14. The Morgan fingerprint density at radius 2 is 1.69 bits per heavy atom. The van der Waals surface area contributed by atoms with Gasteiger partial charge in [0.25, 0.3) is 5.91 Å². The number of amides is 1. The fraction of sp³-hybridized carbons (Fsp3) is 0.174. The number of rotatable bonds is 6. The summed E-state index contributed by atoms with van der Waals surface area (Å²) in [4.78, 5) is 28.6. The third-order valence-corrected chi connectivity index (χ3v) is 4.40. The van der Waals surface area contributed by atoms with Gasteiger partial charge in [-0.2, -0.15) is 0 Å². The summed E-state index contributed by atoms with van der Waals surface area (Å²) in [5, 5.41) is 6.12. The molecule has 0 radical (unpaired) electrons. The van der Waals surface area contributed by atoms with Gasteiger partial charge in [0, 0.05) is 17.6 Å². The van der Waals surface area contributed by atoms with Crippen molar-refractivity contribution in [3.8, 4) is 0 Å². The van der Waals surface area contributed by atoms with Gasteiger partial charge in [-0.25, -0.2) is 4.79 Å². The van der Waals surface area contributed by atoms with Gasteiger partial charge in [0.1, 0.15) is 0 Å². The van der Waals surface area contributed by atoms with Crippen molar-refractivity contribution in [2.75, 3.05) is 17.7 Å². The molecular formula is C23H23N3O3. The molecule has 2 N–H and O–H groups in total. The molecule has 6 nitrogen and oxygen atoms in total. The van der Waals surface area contributed by atoms with Crippen LogP contribution in [-0.2, 0) is 4.74 Å². The van der Waals surface area contributed by atoms with Crippen LogP contribution in [0.5, 0.6) is 0 Å². The molecule has 1 aromatic heterocycles. The van der Waals surface area contributed by atoms with Crippen molar-refractivity contribution in [1.29, 1.82) is 0 Å². The molecule has 0 aliphatic heterocycles. The standard InChI is InChI=1S/C23H23N3O3/c1-15(2)20-9-4-5-10-21(20)26-22(27)17-12-19(14-24-13-17)25-18-8-6-7-16(11-18)23(28)29-3/h4-15,25H,1-3H3,(H,26,27). The van der Waals surface area contributed by atoms with Crippen LogP contribution in [-0.4, -0.2) is 24.0 Å². The minimum atomic E-state index is -0.413. The number of carbonyl (C=O) groups is 2. The Kier molecular flexibility index (Phi) is 6.24. The topological polar surface area (TPSA) is 80.3 Å². The van der Waals surface area contributed by atoms with E-state index in [1.807, 2.05) is 30.3 Å². The fourth-order valence-electron chi connectivity index (χ4n) is 2.95. The highest BCUT2D eigenvalue weighted by Crippen LogP contribution is 2.25. The number of hydrogen-bond donors (Lipinski definition) is 2. The summed E-state index contributed by atoms with van der Waals surface area (Å²) in [7, 11) is 1.34. The smallest absolute Gasteiger partial charge is 0.337 e. The van der Waals surface area contributed by atoms with Crippen LogP contribution in [0.25, 0.3) is 0 Å². The lowest BCUT2D eigenvalue weighted by Gasteiger charge is -2.14. The van der Waals surface area contributed by atoms with Gasteiger partial charge in [0.2, 0.25) is 0 Å². The number of nitrogens with one attached hydrogen (secondary N) is 2. The average molecular weight is 389 g/mol. The predicted molar refractivity (Wildman–Crippen MR) is 114 cm³/mol. The Bertz CT molecular complexity index is 1030. The molecule has 2 aromatic carbocycles. The summed E-state index contributed by atoms with van der Waals surface area (Å²) in [6, 6.07) is 16.4. The average Bonchev–Trinajstić information content (AvgIpc) is 2.73. The van der Waals surface area contributed by atoms with Gasteiger partial charge < -0.3 is 15.4 Å². The van der Waals surface area contributed by atoms with E-state index in [1.165, 1.54) is 13.3 Å². The first-order valence-corrected chi connectivity index (χ1v) is 9.28. The number of methoxy groups -OCH3 is 1. The normalized spacial score (nSPS) is 10.5. The summed E-state index contributed by atoms with van der Waals surface area (Å²) in [5.41, 5.74) is 4.05. The monoisotopic (exact) mass is 389 g/mol. The van der Waals surface area contributed by atoms with Crippen LogP contribution in [0.2, 0.25) is 0 Å². The summed E-state index contributed by atoms with van der Waals surface area (Å²) >= 11 is 0. The molecule has 0 spiro atoms. The van der Waals surface area contributed by atoms with E-state index in [0.717, 1.165) is 11.3 Å². The molecular weight excluding hydrogens is 366 g/mol. The first-order chi connectivity index (χ1) is 14.0. The Balaban J connectivity index is 1.78. The third kappa shape index (κ3) is 4.99. The Labute approximate surface area is 169 Å². The maximum Gasteiger partial charge on any atom is 0.337 e. The Hall–Kier alpha value is -3.67. The fourth-order valence-corrected chi connectivity index (χ4v) is 2.95. The Morgan fingerprint density at radius 1 is 0.931 bits per heavy atom. The second kappa shape index (κ2) is 9.01. The van der Waals surface area contributed by atoms with Crippen molar-refractivity contribution in [3.05, 3.63) is 83.7 Å². The number of nitrogens with zero attached hydrogens (tertiary/aromatic N) is 1. The van der Waals surface area contributed by atoms with Gasteiger partial charge in [-0.15, -0.1) is 0 Å². The number of esters is 1. The number of anilines is 3. The number of aromatic nitrogens is 1. The van der Waals surface area contributed by atoms with Crippen LogP contribution in [0.15, 0.2) is 67.0 Å². The first kappa shape index (κ1) is 20.1. The number of carbonyl (C=O) groups excluding carboxylic acids is 2. The van der Waals surface area contributed by atoms with E-state index in [4.69, 9.17) is 4.74 Å². The molecule has 0 unspecified atom stereocenters. The van der Waals surface area contributed by atoms with Crippen molar-refractivity contribution in [1.82, 2.24) is 4.98 Å². The molecule has 0 aliphatic rings. The lowest BCUT2D eigenvalue weighted by molar-refractivity contribution is 0.0600. The molecule has 1 heterocycles. The van der Waals surface area contributed by atoms with Crippen LogP contribution >= 0.6 is 0 Å². The van der Waals surface area contributed by atoms with E-state index < -0.39 is 5.97 Å². The van der Waals surface area contributed by atoms with Crippen molar-refractivity contribution < 1.29 is 14.3 Å². The highest BCUT2D eigenvalue weighted by atomic mass is 16.5. The quantitative estimate of drug-likeness (QED) is 0.581. The van der Waals surface area contributed by atoms with Gasteiger partial charge in [-0.05, 0) is 41.8 Å². The van der Waals surface area contributed by atoms with Gasteiger partial charge in [0.05, 0.1) is 30.1 Å². The predicted octanol–water partition coefficient (Wildman–Crippen LogP) is 4.99. The zero-order valence-corrected chi connectivity index (χ0v) is 16.6. The maximum atomic E-state index is 12.7. The largest absolute Gasteiger partial charge is 0.465 e. The molecule has 3 aromatic rings. The SMILES string of the molecule is COC(=O)c1cccc(Nc2cncc(C(=O)Nc3ccccc3C(C)C)c2)c1. The van der Waals surface area contributed by atoms with Crippen LogP contribution in [0.1, 0.15) is 46.0 Å². The number of para-hydroxylation sites is 1. The Morgan fingerprint density at radius 3 is 2.45 bits per heavy atom. The third-order valence-electron chi connectivity index (χ3n) is 4.40. The van der Waals surface area contributed by atoms with Gasteiger partial charge >= 0.3 is 5.97 Å². The zero-order chi connectivity index (χ0) is 20.8. The first-order valence-electron chi connectivity index (χ1n) is 9.28. The molecule has 6 heteroatoms. The van der Waals surface area contributed by atoms with Crippen LogP contribution in [0, 0.1) is 0 Å². The second-order valence-corrected chi connectivity index (χ2v) is 6.86. The van der Waals surface area contributed by atoms with Crippen molar-refractivity contribution in [2.24, 2.45) is 0 Å². The molecule has 0 aliphatic carbocycles. The van der Waals surface area contributed by atoms with E-state index in [0.29, 0.717) is 28.4 Å². The highest BCUT2D eigenvalue weighted by molar-refractivity contribution is 6.05. The molecule has 29 heavy (non-hydrogen) atoms. The summed E-state index contributed by atoms with van der Waals surface area (Å²) < 4.78 is 4.74. The number of hydrogen-bond acceptors (Lipinski definition) is 5. The highest BCUT2D eigenvalue weighted by Gasteiger charge is 2.12. The molecule has 1 amide bonds. The van der Waals surface area contributed by atoms with E-state index in [9.17, 15) is 9.59 Å². The van der Waals surface area contributed by atoms with Gasteiger partial charge in [-0.3, -0.25) is 9.78 Å². The number of pyridine rings is 1. The minimum Gasteiger partial charge on any atom is -0.465 e. The lowest BCUT2D eigenvalue weighted by atomic mass is 10.0. The molecule has 0 fully saturated rings. The van der Waals surface area contributed by atoms with Crippen LogP contribution in [0.3, 0.4) is 0 Å². The van der Waals surface area contributed by atoms with Crippen LogP contribution in [0.4, 0.5) is 17.1 Å². The second-order valence-electron chi connectivity index (χ2n) is 6.86. The van der Waals surface area contributed by atoms with Crippen molar-refractivity contribution in [3.63, 3.8) is 0 Å². The van der Waals surface area contributed by atoms with E-state index in [1.54, 1.807) is 30.5 Å². The van der Waals surface area contributed by atoms with E-state index >= 15 is 0 Å². The van der Waals surface area contributed by atoms with E-state index in [2.05, 4.69) is 29.5 Å².